The van der Waals surface area contributed by atoms with E-state index in [0.29, 0.717) is 26.2 Å². The minimum atomic E-state index is -0.322. The van der Waals surface area contributed by atoms with Crippen LogP contribution in [-0.4, -0.2) is 20.5 Å². The predicted molar refractivity (Wildman–Crippen MR) is 110 cm³/mol. The Morgan fingerprint density at radius 2 is 1.93 bits per heavy atom. The largest absolute Gasteiger partial charge is 0.346 e. The highest BCUT2D eigenvalue weighted by Crippen LogP contribution is 2.24. The molecule has 0 saturated carbocycles. The maximum Gasteiger partial charge on any atom is 0.275 e. The normalized spacial score (nSPS) is 10.9. The van der Waals surface area contributed by atoms with Crippen molar-refractivity contribution in [3.63, 3.8) is 0 Å². The number of hydrogen-bond donors (Lipinski definition) is 1. The number of carbonyl (C=O) groups is 1. The second kappa shape index (κ2) is 7.53. The zero-order valence-corrected chi connectivity index (χ0v) is 16.4. The number of amides is 1. The summed E-state index contributed by atoms with van der Waals surface area (Å²) in [6, 6.07) is 16.1. The van der Waals surface area contributed by atoms with Gasteiger partial charge in [0.25, 0.3) is 11.5 Å². The van der Waals surface area contributed by atoms with Gasteiger partial charge in [-0.1, -0.05) is 64.9 Å². The summed E-state index contributed by atoms with van der Waals surface area (Å²) in [6.45, 7) is 2.13. The van der Waals surface area contributed by atoms with Crippen LogP contribution in [0.15, 0.2) is 59.4 Å². The van der Waals surface area contributed by atoms with E-state index in [9.17, 15) is 9.59 Å². The molecule has 8 heteroatoms. The molecule has 28 heavy (non-hydrogen) atoms. The van der Waals surface area contributed by atoms with E-state index in [-0.39, 0.29) is 18.0 Å². The maximum absolute atomic E-state index is 12.4. The summed E-state index contributed by atoms with van der Waals surface area (Å²) in [6.07, 6.45) is 0. The molecule has 1 N–H and O–H groups in total. The summed E-state index contributed by atoms with van der Waals surface area (Å²) in [7, 11) is 0. The molecule has 2 aromatic carbocycles. The molecular weight excluding hydrogens is 396 g/mol. The van der Waals surface area contributed by atoms with Gasteiger partial charge >= 0.3 is 0 Å². The number of nitrogens with zero attached hydrogens (tertiary/aromatic N) is 3. The minimum Gasteiger partial charge on any atom is -0.346 e. The highest BCUT2D eigenvalue weighted by molar-refractivity contribution is 7.19. The van der Waals surface area contributed by atoms with Crippen LogP contribution in [0.4, 0.5) is 0 Å². The fraction of sp³-hybridized carbons (Fsp3) is 0.100. The number of benzene rings is 2. The van der Waals surface area contributed by atoms with Crippen LogP contribution in [-0.2, 0) is 6.54 Å². The van der Waals surface area contributed by atoms with Crippen LogP contribution >= 0.6 is 22.9 Å². The molecule has 0 unspecified atom stereocenters. The summed E-state index contributed by atoms with van der Waals surface area (Å²) in [5.41, 5.74) is 2.62. The average molecular weight is 411 g/mol. The van der Waals surface area contributed by atoms with E-state index < -0.39 is 0 Å². The maximum atomic E-state index is 12.4. The number of halogens is 1. The fourth-order valence-electron chi connectivity index (χ4n) is 2.67. The van der Waals surface area contributed by atoms with Crippen molar-refractivity contribution in [3.8, 4) is 10.6 Å². The van der Waals surface area contributed by atoms with E-state index in [1.54, 1.807) is 24.3 Å². The van der Waals surface area contributed by atoms with Crippen molar-refractivity contribution in [3.05, 3.63) is 86.8 Å². The van der Waals surface area contributed by atoms with Crippen LogP contribution in [0.2, 0.25) is 5.02 Å². The Hall–Kier alpha value is -3.03. The molecule has 1 amide bonds. The van der Waals surface area contributed by atoms with Gasteiger partial charge in [-0.15, -0.1) is 0 Å². The topological polar surface area (TPSA) is 76.4 Å². The number of aromatic nitrogens is 3. The molecule has 0 saturated heterocycles. The quantitative estimate of drug-likeness (QED) is 0.556. The number of fused-ring (bicyclic) bond motifs is 1. The first-order valence-corrected chi connectivity index (χ1v) is 9.70. The van der Waals surface area contributed by atoms with Gasteiger partial charge < -0.3 is 5.32 Å². The van der Waals surface area contributed by atoms with E-state index in [2.05, 4.69) is 15.4 Å². The summed E-state index contributed by atoms with van der Waals surface area (Å²) >= 11 is 7.36. The summed E-state index contributed by atoms with van der Waals surface area (Å²) in [5, 5.41) is 8.19. The molecule has 4 rings (SSSR count). The van der Waals surface area contributed by atoms with E-state index in [1.165, 1.54) is 21.9 Å². The van der Waals surface area contributed by atoms with Crippen LogP contribution < -0.4 is 10.9 Å². The van der Waals surface area contributed by atoms with Gasteiger partial charge in [-0.2, -0.15) is 9.61 Å². The zero-order chi connectivity index (χ0) is 19.7. The molecule has 4 aromatic rings. The molecule has 0 aliphatic carbocycles. The molecule has 0 radical (unpaired) electrons. The lowest BCUT2D eigenvalue weighted by molar-refractivity contribution is 0.0950. The van der Waals surface area contributed by atoms with Gasteiger partial charge in [0.2, 0.25) is 4.96 Å². The minimum absolute atomic E-state index is 0.119. The van der Waals surface area contributed by atoms with Crippen molar-refractivity contribution in [2.24, 2.45) is 0 Å². The third kappa shape index (κ3) is 3.67. The summed E-state index contributed by atoms with van der Waals surface area (Å²) < 4.78 is 1.28. The molecule has 0 aliphatic rings. The van der Waals surface area contributed by atoms with Gasteiger partial charge in [0, 0.05) is 11.6 Å². The first-order chi connectivity index (χ1) is 13.5. The molecule has 0 aliphatic heterocycles. The van der Waals surface area contributed by atoms with Crippen molar-refractivity contribution < 1.29 is 4.79 Å². The summed E-state index contributed by atoms with van der Waals surface area (Å²) in [4.78, 5) is 29.6. The van der Waals surface area contributed by atoms with E-state index in [4.69, 9.17) is 11.6 Å². The Morgan fingerprint density at radius 3 is 2.68 bits per heavy atom. The van der Waals surface area contributed by atoms with Gasteiger partial charge in [0.05, 0.1) is 22.8 Å². The Labute approximate surface area is 169 Å². The Balaban J connectivity index is 1.59. The van der Waals surface area contributed by atoms with Crippen molar-refractivity contribution >= 4 is 33.8 Å². The number of rotatable bonds is 4. The van der Waals surface area contributed by atoms with Crippen molar-refractivity contribution in [2.75, 3.05) is 0 Å². The third-order valence-corrected chi connectivity index (χ3v) is 5.43. The Bertz CT molecular complexity index is 1230. The molecule has 6 nitrogen and oxygen atoms in total. The number of aryl methyl sites for hydroxylation is 1. The predicted octanol–water partition coefficient (Wildman–Crippen LogP) is 3.71. The van der Waals surface area contributed by atoms with Crippen molar-refractivity contribution in [2.45, 2.75) is 13.5 Å². The molecule has 0 atom stereocenters. The second-order valence-electron chi connectivity index (χ2n) is 6.22. The molecule has 0 bridgehead atoms. The van der Waals surface area contributed by atoms with Gasteiger partial charge in [0.1, 0.15) is 5.01 Å². The van der Waals surface area contributed by atoms with Crippen LogP contribution in [0.3, 0.4) is 0 Å². The molecule has 0 spiro atoms. The molecular formula is C20H15ClN4O2S. The monoisotopic (exact) mass is 410 g/mol. The zero-order valence-electron chi connectivity index (χ0n) is 14.8. The highest BCUT2D eigenvalue weighted by atomic mass is 35.5. The fourth-order valence-corrected chi connectivity index (χ4v) is 3.82. The smallest absolute Gasteiger partial charge is 0.275 e. The molecule has 0 fully saturated rings. The Kier molecular flexibility index (Phi) is 4.93. The second-order valence-corrected chi connectivity index (χ2v) is 7.58. The van der Waals surface area contributed by atoms with Crippen LogP contribution in [0.25, 0.3) is 15.5 Å². The molecule has 2 aromatic heterocycles. The Morgan fingerprint density at radius 1 is 1.18 bits per heavy atom. The van der Waals surface area contributed by atoms with E-state index >= 15 is 0 Å². The van der Waals surface area contributed by atoms with Crippen LogP contribution in [0.1, 0.15) is 21.6 Å². The third-order valence-electron chi connectivity index (χ3n) is 4.15. The lowest BCUT2D eigenvalue weighted by atomic mass is 10.2. The lowest BCUT2D eigenvalue weighted by Gasteiger charge is -2.06. The van der Waals surface area contributed by atoms with Gasteiger partial charge in [0.15, 0.2) is 0 Å². The van der Waals surface area contributed by atoms with Crippen molar-refractivity contribution in [1.29, 1.82) is 0 Å². The van der Waals surface area contributed by atoms with Crippen LogP contribution in [0.5, 0.6) is 0 Å². The molecule has 2 heterocycles. The van der Waals surface area contributed by atoms with Gasteiger partial charge in [-0.25, -0.2) is 4.98 Å². The number of hydrogen-bond acceptors (Lipinski definition) is 5. The highest BCUT2D eigenvalue weighted by Gasteiger charge is 2.13. The lowest BCUT2D eigenvalue weighted by Crippen LogP contribution is -2.25. The number of carbonyl (C=O) groups excluding carboxylic acids is 1. The van der Waals surface area contributed by atoms with Gasteiger partial charge in [-0.05, 0) is 19.1 Å². The standard InChI is InChI=1S/C20H15ClN4O2S/c1-12-6-8-13(9-7-12)19-24-25-17(26)10-14(23-20(25)28-19)11-22-18(27)15-4-2-3-5-16(15)21/h2-10H,11H2,1H3,(H,22,27). The molecule has 140 valence electrons. The first-order valence-electron chi connectivity index (χ1n) is 8.51. The first kappa shape index (κ1) is 18.3. The summed E-state index contributed by atoms with van der Waals surface area (Å²) in [5.74, 6) is -0.322. The number of nitrogens with one attached hydrogen (secondary N) is 1. The van der Waals surface area contributed by atoms with Crippen LogP contribution in [0, 0.1) is 6.92 Å². The van der Waals surface area contributed by atoms with Crippen molar-refractivity contribution in [1.82, 2.24) is 19.9 Å². The van der Waals surface area contributed by atoms with Gasteiger partial charge in [-0.3, -0.25) is 9.59 Å². The van der Waals surface area contributed by atoms with E-state index in [1.807, 2.05) is 31.2 Å². The SMILES string of the molecule is Cc1ccc(-c2nn3c(=O)cc(CNC(=O)c4ccccc4Cl)nc3s2)cc1. The van der Waals surface area contributed by atoms with E-state index in [0.717, 1.165) is 11.1 Å². The average Bonchev–Trinajstić information content (AvgIpc) is 3.12.